The number of rotatable bonds is 3. The van der Waals surface area contributed by atoms with E-state index in [1.807, 2.05) is 24.5 Å². The Morgan fingerprint density at radius 1 is 1.16 bits per heavy atom. The average molecular weight is 441 g/mol. The fourth-order valence-corrected chi connectivity index (χ4v) is 6.00. The number of anilines is 1. The van der Waals surface area contributed by atoms with Gasteiger partial charge in [0, 0.05) is 66.5 Å². The highest BCUT2D eigenvalue weighted by Crippen LogP contribution is 2.43. The topological polar surface area (TPSA) is 101 Å². The van der Waals surface area contributed by atoms with Crippen LogP contribution in [-0.4, -0.2) is 36.3 Å². The van der Waals surface area contributed by atoms with E-state index >= 15 is 0 Å². The van der Waals surface area contributed by atoms with Crippen molar-refractivity contribution in [2.24, 2.45) is 12.8 Å². The Labute approximate surface area is 181 Å². The van der Waals surface area contributed by atoms with E-state index in [-0.39, 0.29) is 17.4 Å². The number of aromatic amines is 1. The molecule has 8 heteroatoms. The molecule has 0 atom stereocenters. The van der Waals surface area contributed by atoms with Gasteiger partial charge in [0.1, 0.15) is 5.52 Å². The first kappa shape index (κ1) is 20.3. The number of pyridine rings is 1. The highest BCUT2D eigenvalue weighted by molar-refractivity contribution is 7.89. The summed E-state index contributed by atoms with van der Waals surface area (Å²) in [4.78, 5) is 18.4. The van der Waals surface area contributed by atoms with Gasteiger partial charge in [-0.05, 0) is 48.9 Å². The Hall–Kier alpha value is -2.58. The van der Waals surface area contributed by atoms with Crippen LogP contribution in [0.1, 0.15) is 36.8 Å². The van der Waals surface area contributed by atoms with Crippen LogP contribution in [0.25, 0.3) is 22.0 Å². The zero-order chi connectivity index (χ0) is 21.9. The molecule has 164 valence electrons. The Morgan fingerprint density at radius 2 is 1.90 bits per heavy atom. The molecule has 1 aliphatic heterocycles. The summed E-state index contributed by atoms with van der Waals surface area (Å²) in [5.41, 5.74) is 11.6. The van der Waals surface area contributed by atoms with Gasteiger partial charge in [-0.2, -0.15) is 0 Å². The Bertz CT molecular complexity index is 1330. The van der Waals surface area contributed by atoms with Crippen LogP contribution in [0.15, 0.2) is 35.4 Å². The standard InChI is InChI=1S/C23H28N4O3S/c1-26-12-19-18-9-14(13-31(2,29)30)3-8-20(18)27(17-6-4-16(24)5-7-17)11-15-10-25-22(21(15)19)23(26)28/h3,8-10,12,16-17,25H,4-7,11,13,24H2,1-2H3/t16-,17-. The van der Waals surface area contributed by atoms with Gasteiger partial charge >= 0.3 is 0 Å². The molecule has 31 heavy (non-hydrogen) atoms. The van der Waals surface area contributed by atoms with Crippen molar-refractivity contribution in [2.45, 2.75) is 50.1 Å². The van der Waals surface area contributed by atoms with Gasteiger partial charge in [0.05, 0.1) is 5.75 Å². The molecule has 0 unspecified atom stereocenters. The predicted molar refractivity (Wildman–Crippen MR) is 124 cm³/mol. The second-order valence-electron chi connectivity index (χ2n) is 9.14. The molecule has 1 aliphatic carbocycles. The van der Waals surface area contributed by atoms with Crippen molar-refractivity contribution in [3.63, 3.8) is 0 Å². The first-order chi connectivity index (χ1) is 14.7. The maximum absolute atomic E-state index is 12.8. The molecule has 1 fully saturated rings. The summed E-state index contributed by atoms with van der Waals surface area (Å²) >= 11 is 0. The summed E-state index contributed by atoms with van der Waals surface area (Å²) in [6, 6.07) is 6.58. The van der Waals surface area contributed by atoms with E-state index in [1.54, 1.807) is 11.6 Å². The molecule has 0 saturated heterocycles. The van der Waals surface area contributed by atoms with Gasteiger partial charge in [-0.1, -0.05) is 6.07 Å². The van der Waals surface area contributed by atoms with Crippen LogP contribution in [0.3, 0.4) is 0 Å². The monoisotopic (exact) mass is 440 g/mol. The number of aryl methyl sites for hydroxylation is 1. The minimum Gasteiger partial charge on any atom is -0.364 e. The molecule has 7 nitrogen and oxygen atoms in total. The van der Waals surface area contributed by atoms with Gasteiger partial charge in [0.25, 0.3) is 5.56 Å². The van der Waals surface area contributed by atoms with Crippen LogP contribution >= 0.6 is 0 Å². The maximum Gasteiger partial charge on any atom is 0.274 e. The molecule has 1 saturated carbocycles. The molecule has 2 aliphatic rings. The molecule has 0 radical (unpaired) electrons. The van der Waals surface area contributed by atoms with Crippen LogP contribution in [0.2, 0.25) is 0 Å². The predicted octanol–water partition coefficient (Wildman–Crippen LogP) is 2.67. The molecular formula is C23H28N4O3S. The Balaban J connectivity index is 1.74. The Morgan fingerprint density at radius 3 is 2.61 bits per heavy atom. The van der Waals surface area contributed by atoms with Crippen molar-refractivity contribution in [2.75, 3.05) is 11.2 Å². The van der Waals surface area contributed by atoms with Gasteiger partial charge in [-0.3, -0.25) is 4.79 Å². The van der Waals surface area contributed by atoms with E-state index in [0.29, 0.717) is 18.1 Å². The number of H-pyrrole nitrogens is 1. The van der Waals surface area contributed by atoms with Crippen LogP contribution in [-0.2, 0) is 29.2 Å². The number of aromatic nitrogens is 2. The second kappa shape index (κ2) is 7.24. The lowest BCUT2D eigenvalue weighted by molar-refractivity contribution is 0.375. The van der Waals surface area contributed by atoms with Crippen LogP contribution < -0.4 is 16.2 Å². The van der Waals surface area contributed by atoms with Crippen molar-refractivity contribution in [1.82, 2.24) is 9.55 Å². The minimum atomic E-state index is -3.16. The second-order valence-corrected chi connectivity index (χ2v) is 11.3. The van der Waals surface area contributed by atoms with Crippen LogP contribution in [0.5, 0.6) is 0 Å². The lowest BCUT2D eigenvalue weighted by atomic mass is 9.90. The number of fused-ring (bicyclic) bond motifs is 2. The summed E-state index contributed by atoms with van der Waals surface area (Å²) in [5, 5.41) is 0.941. The Kier molecular flexibility index (Phi) is 4.75. The van der Waals surface area contributed by atoms with Crippen molar-refractivity contribution < 1.29 is 8.42 Å². The zero-order valence-corrected chi connectivity index (χ0v) is 18.7. The van der Waals surface area contributed by atoms with E-state index in [0.717, 1.165) is 59.0 Å². The van der Waals surface area contributed by atoms with Crippen LogP contribution in [0, 0.1) is 0 Å². The van der Waals surface area contributed by atoms with Crippen molar-refractivity contribution in [3.8, 4) is 11.1 Å². The quantitative estimate of drug-likeness (QED) is 0.652. The first-order valence-electron chi connectivity index (χ1n) is 10.7. The molecular weight excluding hydrogens is 412 g/mol. The third-order valence-corrected chi connectivity index (χ3v) is 7.56. The number of hydrogen-bond acceptors (Lipinski definition) is 5. The van der Waals surface area contributed by atoms with E-state index < -0.39 is 9.84 Å². The zero-order valence-electron chi connectivity index (χ0n) is 17.9. The number of sulfone groups is 1. The fourth-order valence-electron chi connectivity index (χ4n) is 5.21. The highest BCUT2D eigenvalue weighted by atomic mass is 32.2. The summed E-state index contributed by atoms with van der Waals surface area (Å²) in [6.07, 6.45) is 9.12. The minimum absolute atomic E-state index is 0.00648. The number of nitrogens with two attached hydrogens (primary N) is 1. The summed E-state index contributed by atoms with van der Waals surface area (Å²) < 4.78 is 25.5. The molecule has 3 N–H and O–H groups in total. The van der Waals surface area contributed by atoms with E-state index in [9.17, 15) is 13.2 Å². The molecule has 3 aromatic rings. The molecule has 2 aromatic heterocycles. The smallest absolute Gasteiger partial charge is 0.274 e. The number of nitrogens with one attached hydrogen (secondary N) is 1. The van der Waals surface area contributed by atoms with E-state index in [4.69, 9.17) is 5.73 Å². The van der Waals surface area contributed by atoms with Crippen molar-refractivity contribution in [3.05, 3.63) is 52.1 Å². The summed E-state index contributed by atoms with van der Waals surface area (Å²) in [6.45, 7) is 0.707. The normalized spacial score (nSPS) is 21.2. The largest absolute Gasteiger partial charge is 0.364 e. The fraction of sp³-hybridized carbons (Fsp3) is 0.435. The highest BCUT2D eigenvalue weighted by Gasteiger charge is 2.31. The van der Waals surface area contributed by atoms with Gasteiger partial charge in [0.15, 0.2) is 9.84 Å². The lowest BCUT2D eigenvalue weighted by Crippen LogP contribution is -2.40. The van der Waals surface area contributed by atoms with Gasteiger partial charge in [-0.25, -0.2) is 8.42 Å². The third-order valence-electron chi connectivity index (χ3n) is 6.70. The number of hydrogen-bond donors (Lipinski definition) is 2. The molecule has 0 bridgehead atoms. The molecule has 1 aromatic carbocycles. The van der Waals surface area contributed by atoms with Crippen LogP contribution in [0.4, 0.5) is 5.69 Å². The maximum atomic E-state index is 12.8. The summed E-state index contributed by atoms with van der Waals surface area (Å²) in [5.74, 6) is -0.00648. The van der Waals surface area contributed by atoms with E-state index in [2.05, 4.69) is 16.0 Å². The molecule has 5 rings (SSSR count). The van der Waals surface area contributed by atoms with Crippen molar-refractivity contribution in [1.29, 1.82) is 0 Å². The number of benzene rings is 1. The van der Waals surface area contributed by atoms with E-state index in [1.165, 1.54) is 6.26 Å². The average Bonchev–Trinajstić information content (AvgIpc) is 3.07. The van der Waals surface area contributed by atoms with Gasteiger partial charge in [-0.15, -0.1) is 0 Å². The number of nitrogens with zero attached hydrogens (tertiary/aromatic N) is 2. The molecule has 0 spiro atoms. The molecule has 0 amide bonds. The summed E-state index contributed by atoms with van der Waals surface area (Å²) in [7, 11) is -1.40. The third kappa shape index (κ3) is 3.57. The van der Waals surface area contributed by atoms with Crippen molar-refractivity contribution >= 4 is 26.4 Å². The van der Waals surface area contributed by atoms with Gasteiger partial charge in [0.2, 0.25) is 0 Å². The first-order valence-corrected chi connectivity index (χ1v) is 12.8. The molecule has 3 heterocycles. The lowest BCUT2D eigenvalue weighted by Gasteiger charge is -2.38. The van der Waals surface area contributed by atoms with Gasteiger partial charge < -0.3 is 20.2 Å². The SMILES string of the molecule is Cn1cc2c3c(c[nH]c3c1=O)CN([C@H]1CC[C@H](N)CC1)c1ccc(CS(C)(=O)=O)cc1-2.